The lowest BCUT2D eigenvalue weighted by Gasteiger charge is -2.18. The van der Waals surface area contributed by atoms with Gasteiger partial charge in [-0.1, -0.05) is 18.5 Å². The first-order chi connectivity index (χ1) is 2.93. The van der Waals surface area contributed by atoms with Crippen molar-refractivity contribution in [2.75, 3.05) is 0 Å². The van der Waals surface area contributed by atoms with Gasteiger partial charge in [0, 0.05) is 0 Å². The highest BCUT2D eigenvalue weighted by molar-refractivity contribution is 6.66. The van der Waals surface area contributed by atoms with Crippen molar-refractivity contribution in [1.29, 1.82) is 0 Å². The maximum absolute atomic E-state index is 3.74. The molecular formula is C5H10Si. The zero-order valence-electron chi connectivity index (χ0n) is 3.98. The van der Waals surface area contributed by atoms with Gasteiger partial charge in [0.05, 0.1) is 8.80 Å². The van der Waals surface area contributed by atoms with E-state index in [2.05, 4.69) is 12.3 Å². The Labute approximate surface area is 40.5 Å². The summed E-state index contributed by atoms with van der Waals surface area (Å²) in [7, 11) is -0.216. The second kappa shape index (κ2) is 1.60. The first-order valence-electron chi connectivity index (χ1n) is 2.56. The molecule has 1 fully saturated rings. The molecule has 0 nitrogen and oxygen atoms in total. The van der Waals surface area contributed by atoms with Crippen molar-refractivity contribution in [2.24, 2.45) is 0 Å². The van der Waals surface area contributed by atoms with Crippen molar-refractivity contribution in [3.63, 3.8) is 0 Å². The lowest BCUT2D eigenvalue weighted by atomic mass is 10.5. The number of hydrogen-bond donors (Lipinski definition) is 0. The molecule has 0 aromatic heterocycles. The predicted octanol–water partition coefficient (Wildman–Crippen LogP) is 1.34. The molecule has 0 bridgehead atoms. The van der Waals surface area contributed by atoms with E-state index in [0.717, 1.165) is 0 Å². The van der Waals surface area contributed by atoms with Crippen LogP contribution in [0.1, 0.15) is 6.42 Å². The molecule has 0 aromatic rings. The summed E-state index contributed by atoms with van der Waals surface area (Å²) >= 11 is 0. The van der Waals surface area contributed by atoms with Crippen molar-refractivity contribution in [3.05, 3.63) is 12.3 Å². The zero-order valence-corrected chi connectivity index (χ0v) is 5.14. The van der Waals surface area contributed by atoms with Gasteiger partial charge in [0.1, 0.15) is 0 Å². The summed E-state index contributed by atoms with van der Waals surface area (Å²) in [6.07, 6.45) is 1.49. The summed E-state index contributed by atoms with van der Waals surface area (Å²) in [6.45, 7) is 3.74. The van der Waals surface area contributed by atoms with E-state index < -0.39 is 0 Å². The molecule has 0 atom stereocenters. The molecule has 1 heteroatoms. The molecule has 0 N–H and O–H groups in total. The van der Waals surface area contributed by atoms with Gasteiger partial charge in [-0.25, -0.2) is 0 Å². The minimum absolute atomic E-state index is 0.216. The maximum atomic E-state index is 3.74. The van der Waals surface area contributed by atoms with Gasteiger partial charge in [-0.15, -0.1) is 12.3 Å². The van der Waals surface area contributed by atoms with Crippen LogP contribution in [0.5, 0.6) is 0 Å². The van der Waals surface area contributed by atoms with Crippen molar-refractivity contribution in [1.82, 2.24) is 0 Å². The van der Waals surface area contributed by atoms with E-state index in [4.69, 9.17) is 0 Å². The van der Waals surface area contributed by atoms with E-state index in [1.165, 1.54) is 18.5 Å². The summed E-state index contributed by atoms with van der Waals surface area (Å²) in [5.74, 6) is 0. The van der Waals surface area contributed by atoms with E-state index in [1.54, 1.807) is 0 Å². The van der Waals surface area contributed by atoms with Gasteiger partial charge in [0.25, 0.3) is 0 Å². The van der Waals surface area contributed by atoms with E-state index in [0.29, 0.717) is 0 Å². The molecule has 0 amide bonds. The third-order valence-corrected chi connectivity index (χ3v) is 4.45. The van der Waals surface area contributed by atoms with Crippen molar-refractivity contribution in [3.8, 4) is 0 Å². The van der Waals surface area contributed by atoms with E-state index in [-0.39, 0.29) is 8.80 Å². The first-order valence-corrected chi connectivity index (χ1v) is 4.86. The average molecular weight is 98.2 g/mol. The van der Waals surface area contributed by atoms with E-state index in [9.17, 15) is 0 Å². The lowest BCUT2D eigenvalue weighted by molar-refractivity contribution is 0.950. The van der Waals surface area contributed by atoms with Gasteiger partial charge in [-0.2, -0.15) is 0 Å². The van der Waals surface area contributed by atoms with Crippen LogP contribution in [0.4, 0.5) is 0 Å². The Morgan fingerprint density at radius 2 is 2.17 bits per heavy atom. The summed E-state index contributed by atoms with van der Waals surface area (Å²) in [5, 5.41) is 0. The standard InChI is InChI=1S/C5H10Si/c1-2-6-4-3-5-6/h2,6H,1,3-5H2. The van der Waals surface area contributed by atoms with Gasteiger partial charge < -0.3 is 0 Å². The van der Waals surface area contributed by atoms with Crippen molar-refractivity contribution < 1.29 is 0 Å². The molecule has 0 aromatic carbocycles. The van der Waals surface area contributed by atoms with Crippen molar-refractivity contribution >= 4 is 8.80 Å². The molecule has 0 radical (unpaired) electrons. The van der Waals surface area contributed by atoms with Crippen LogP contribution in [0.2, 0.25) is 12.1 Å². The van der Waals surface area contributed by atoms with Crippen LogP contribution in [-0.4, -0.2) is 8.80 Å². The fourth-order valence-electron chi connectivity index (χ4n) is 0.676. The van der Waals surface area contributed by atoms with Gasteiger partial charge in [-0.3, -0.25) is 0 Å². The molecule has 0 aliphatic carbocycles. The Morgan fingerprint density at radius 1 is 1.50 bits per heavy atom. The van der Waals surface area contributed by atoms with Crippen LogP contribution < -0.4 is 0 Å². The largest absolute Gasteiger partial charge is 0.107 e. The molecule has 1 heterocycles. The van der Waals surface area contributed by atoms with Crippen LogP contribution in [0.25, 0.3) is 0 Å². The van der Waals surface area contributed by atoms with Crippen LogP contribution in [0, 0.1) is 0 Å². The predicted molar refractivity (Wildman–Crippen MR) is 31.6 cm³/mol. The third-order valence-electron chi connectivity index (χ3n) is 1.48. The molecule has 0 spiro atoms. The molecule has 34 valence electrons. The van der Waals surface area contributed by atoms with Gasteiger partial charge >= 0.3 is 0 Å². The molecule has 1 rings (SSSR count). The Morgan fingerprint density at radius 3 is 2.17 bits per heavy atom. The fraction of sp³-hybridized carbons (Fsp3) is 0.600. The van der Waals surface area contributed by atoms with Crippen LogP contribution >= 0.6 is 0 Å². The normalized spacial score (nSPS) is 22.7. The van der Waals surface area contributed by atoms with Crippen LogP contribution in [0.15, 0.2) is 12.3 Å². The van der Waals surface area contributed by atoms with Gasteiger partial charge in [-0.05, 0) is 0 Å². The molecule has 1 aliphatic heterocycles. The fourth-order valence-corrected chi connectivity index (χ4v) is 2.03. The van der Waals surface area contributed by atoms with Crippen LogP contribution in [-0.2, 0) is 0 Å². The first kappa shape index (κ1) is 4.12. The molecular weight excluding hydrogens is 88.1 g/mol. The van der Waals surface area contributed by atoms with E-state index in [1.807, 2.05) is 0 Å². The van der Waals surface area contributed by atoms with Crippen molar-refractivity contribution in [2.45, 2.75) is 18.5 Å². The minimum atomic E-state index is -0.216. The monoisotopic (exact) mass is 98.1 g/mol. The molecule has 0 unspecified atom stereocenters. The summed E-state index contributed by atoms with van der Waals surface area (Å²) < 4.78 is 0. The van der Waals surface area contributed by atoms with Crippen LogP contribution in [0.3, 0.4) is 0 Å². The quantitative estimate of drug-likeness (QED) is 0.434. The summed E-state index contributed by atoms with van der Waals surface area (Å²) in [5.41, 5.74) is 2.20. The Balaban J connectivity index is 2.16. The second-order valence-electron chi connectivity index (χ2n) is 1.93. The molecule has 0 saturated carbocycles. The Kier molecular flexibility index (Phi) is 1.10. The maximum Gasteiger partial charge on any atom is 0.0607 e. The average Bonchev–Trinajstić information content (AvgIpc) is 1.31. The zero-order chi connectivity index (χ0) is 4.41. The summed E-state index contributed by atoms with van der Waals surface area (Å²) in [6, 6.07) is 3.06. The highest BCUT2D eigenvalue weighted by atomic mass is 28.3. The van der Waals surface area contributed by atoms with Gasteiger partial charge in [0.2, 0.25) is 0 Å². The van der Waals surface area contributed by atoms with Gasteiger partial charge in [0.15, 0.2) is 0 Å². The lowest BCUT2D eigenvalue weighted by Crippen LogP contribution is -2.17. The SMILES string of the molecule is C=C[SiH]1CCC1. The third kappa shape index (κ3) is 0.546. The Bertz CT molecular complexity index is 55.0. The minimum Gasteiger partial charge on any atom is -0.107 e. The molecule has 1 saturated heterocycles. The summed E-state index contributed by atoms with van der Waals surface area (Å²) in [4.78, 5) is 0. The molecule has 1 aliphatic rings. The number of hydrogen-bond acceptors (Lipinski definition) is 0. The second-order valence-corrected chi connectivity index (χ2v) is 5.07. The Hall–Kier alpha value is -0.0431. The number of rotatable bonds is 1. The topological polar surface area (TPSA) is 0 Å². The highest BCUT2D eigenvalue weighted by Crippen LogP contribution is 2.19. The highest BCUT2D eigenvalue weighted by Gasteiger charge is 2.13. The molecule has 6 heavy (non-hydrogen) atoms. The smallest absolute Gasteiger partial charge is 0.0607 e. The van der Waals surface area contributed by atoms with E-state index >= 15 is 0 Å².